The maximum absolute atomic E-state index is 8.63. The largest absolute Gasteiger partial charge is 0.489 e. The molecular formula is C13H16O2. The molecule has 0 aliphatic carbocycles. The molecular weight excluding hydrogens is 188 g/mol. The fourth-order valence-corrected chi connectivity index (χ4v) is 1.11. The molecule has 0 fully saturated rings. The van der Waals surface area contributed by atoms with Crippen molar-refractivity contribution in [2.75, 3.05) is 6.61 Å². The Hall–Kier alpha value is -1.46. The molecule has 80 valence electrons. The Labute approximate surface area is 90.9 Å². The van der Waals surface area contributed by atoms with Crippen LogP contribution >= 0.6 is 0 Å². The van der Waals surface area contributed by atoms with E-state index in [0.29, 0.717) is 0 Å². The van der Waals surface area contributed by atoms with Gasteiger partial charge in [-0.15, -0.1) is 0 Å². The van der Waals surface area contributed by atoms with E-state index in [1.54, 1.807) is 0 Å². The van der Waals surface area contributed by atoms with Crippen LogP contribution in [0.15, 0.2) is 24.3 Å². The third-order valence-corrected chi connectivity index (χ3v) is 2.09. The van der Waals surface area contributed by atoms with Gasteiger partial charge in [-0.1, -0.05) is 30.9 Å². The van der Waals surface area contributed by atoms with Crippen molar-refractivity contribution >= 4 is 0 Å². The van der Waals surface area contributed by atoms with Gasteiger partial charge in [-0.2, -0.15) is 0 Å². The molecule has 1 unspecified atom stereocenters. The maximum Gasteiger partial charge on any atom is 0.135 e. The zero-order chi connectivity index (χ0) is 11.1. The molecule has 2 heteroatoms. The minimum absolute atomic E-state index is 0.127. The van der Waals surface area contributed by atoms with Crippen LogP contribution in [0.3, 0.4) is 0 Å². The molecule has 15 heavy (non-hydrogen) atoms. The van der Waals surface area contributed by atoms with E-state index in [1.165, 1.54) is 0 Å². The van der Waals surface area contributed by atoms with Crippen LogP contribution in [-0.4, -0.2) is 17.8 Å². The molecule has 0 aliphatic rings. The van der Waals surface area contributed by atoms with E-state index in [1.807, 2.05) is 31.2 Å². The summed E-state index contributed by atoms with van der Waals surface area (Å²) < 4.78 is 5.71. The van der Waals surface area contributed by atoms with Crippen molar-refractivity contribution in [3.63, 3.8) is 0 Å². The van der Waals surface area contributed by atoms with Crippen LogP contribution in [0, 0.1) is 11.8 Å². The maximum atomic E-state index is 8.63. The SMILES string of the molecule is CCC(C)Oc1ccccc1C#CCO. The van der Waals surface area contributed by atoms with E-state index >= 15 is 0 Å². The number of benzene rings is 1. The van der Waals surface area contributed by atoms with Gasteiger partial charge in [0.15, 0.2) is 0 Å². The minimum Gasteiger partial charge on any atom is -0.489 e. The van der Waals surface area contributed by atoms with E-state index in [9.17, 15) is 0 Å². The summed E-state index contributed by atoms with van der Waals surface area (Å²) in [4.78, 5) is 0. The molecule has 0 aliphatic heterocycles. The van der Waals surface area contributed by atoms with Gasteiger partial charge >= 0.3 is 0 Å². The van der Waals surface area contributed by atoms with Gasteiger partial charge < -0.3 is 9.84 Å². The molecule has 1 atom stereocenters. The number of para-hydroxylation sites is 1. The van der Waals surface area contributed by atoms with Crippen molar-refractivity contribution in [3.05, 3.63) is 29.8 Å². The van der Waals surface area contributed by atoms with Gasteiger partial charge in [0.2, 0.25) is 0 Å². The lowest BCUT2D eigenvalue weighted by Gasteiger charge is -2.13. The Kier molecular flexibility index (Phi) is 4.73. The highest BCUT2D eigenvalue weighted by Crippen LogP contribution is 2.18. The zero-order valence-corrected chi connectivity index (χ0v) is 9.16. The summed E-state index contributed by atoms with van der Waals surface area (Å²) in [5.74, 6) is 6.27. The molecule has 1 aromatic rings. The van der Waals surface area contributed by atoms with E-state index in [2.05, 4.69) is 18.8 Å². The number of hydrogen-bond acceptors (Lipinski definition) is 2. The third kappa shape index (κ3) is 3.65. The van der Waals surface area contributed by atoms with Crippen molar-refractivity contribution in [1.82, 2.24) is 0 Å². The van der Waals surface area contributed by atoms with Crippen LogP contribution in [0.25, 0.3) is 0 Å². The molecule has 0 bridgehead atoms. The lowest BCUT2D eigenvalue weighted by molar-refractivity contribution is 0.217. The topological polar surface area (TPSA) is 29.5 Å². The highest BCUT2D eigenvalue weighted by atomic mass is 16.5. The molecule has 0 heterocycles. The van der Waals surface area contributed by atoms with E-state index in [0.717, 1.165) is 17.7 Å². The second-order valence-electron chi connectivity index (χ2n) is 3.29. The predicted molar refractivity (Wildman–Crippen MR) is 60.8 cm³/mol. The molecule has 0 amide bonds. The summed E-state index contributed by atoms with van der Waals surface area (Å²) in [6.45, 7) is 3.97. The molecule has 0 aromatic heterocycles. The highest BCUT2D eigenvalue weighted by molar-refractivity contribution is 5.45. The summed E-state index contributed by atoms with van der Waals surface area (Å²) in [6.07, 6.45) is 1.14. The molecule has 0 radical (unpaired) electrons. The number of rotatable bonds is 3. The Bertz CT molecular complexity index is 360. The van der Waals surface area contributed by atoms with Crippen LogP contribution < -0.4 is 4.74 Å². The molecule has 0 saturated carbocycles. The van der Waals surface area contributed by atoms with Crippen LogP contribution in [0.5, 0.6) is 5.75 Å². The van der Waals surface area contributed by atoms with Gasteiger partial charge in [-0.25, -0.2) is 0 Å². The lowest BCUT2D eigenvalue weighted by Crippen LogP contribution is -2.10. The van der Waals surface area contributed by atoms with Crippen LogP contribution in [0.4, 0.5) is 0 Å². The van der Waals surface area contributed by atoms with Crippen molar-refractivity contribution in [2.24, 2.45) is 0 Å². The van der Waals surface area contributed by atoms with Crippen molar-refractivity contribution in [3.8, 4) is 17.6 Å². The molecule has 0 saturated heterocycles. The molecule has 2 nitrogen and oxygen atoms in total. The normalized spacial score (nSPS) is 11.4. The Morgan fingerprint density at radius 2 is 2.13 bits per heavy atom. The Morgan fingerprint density at radius 1 is 1.40 bits per heavy atom. The van der Waals surface area contributed by atoms with E-state index in [4.69, 9.17) is 9.84 Å². The number of aliphatic hydroxyl groups is 1. The zero-order valence-electron chi connectivity index (χ0n) is 9.16. The molecule has 1 aromatic carbocycles. The standard InChI is InChI=1S/C13H16O2/c1-3-11(2)15-13-9-5-4-7-12(13)8-6-10-14/h4-5,7,9,11,14H,3,10H2,1-2H3. The first kappa shape index (κ1) is 11.6. The van der Waals surface area contributed by atoms with Crippen molar-refractivity contribution in [2.45, 2.75) is 26.4 Å². The summed E-state index contributed by atoms with van der Waals surface area (Å²) >= 11 is 0. The monoisotopic (exact) mass is 204 g/mol. The summed E-state index contributed by atoms with van der Waals surface area (Å²) in [5.41, 5.74) is 0.826. The molecule has 1 rings (SSSR count). The Morgan fingerprint density at radius 3 is 2.80 bits per heavy atom. The van der Waals surface area contributed by atoms with E-state index in [-0.39, 0.29) is 12.7 Å². The van der Waals surface area contributed by atoms with Gasteiger partial charge in [0.1, 0.15) is 12.4 Å². The fraction of sp³-hybridized carbons (Fsp3) is 0.385. The first-order valence-corrected chi connectivity index (χ1v) is 5.13. The van der Waals surface area contributed by atoms with Crippen molar-refractivity contribution < 1.29 is 9.84 Å². The van der Waals surface area contributed by atoms with Crippen LogP contribution in [-0.2, 0) is 0 Å². The smallest absolute Gasteiger partial charge is 0.135 e. The minimum atomic E-state index is -0.127. The highest BCUT2D eigenvalue weighted by Gasteiger charge is 2.04. The third-order valence-electron chi connectivity index (χ3n) is 2.09. The molecule has 1 N–H and O–H groups in total. The molecule has 0 spiro atoms. The van der Waals surface area contributed by atoms with Gasteiger partial charge in [0.25, 0.3) is 0 Å². The van der Waals surface area contributed by atoms with E-state index < -0.39 is 0 Å². The lowest BCUT2D eigenvalue weighted by atomic mass is 10.2. The number of hydrogen-bond donors (Lipinski definition) is 1. The van der Waals surface area contributed by atoms with Crippen molar-refractivity contribution in [1.29, 1.82) is 0 Å². The summed E-state index contributed by atoms with van der Waals surface area (Å²) in [7, 11) is 0. The second kappa shape index (κ2) is 6.10. The fourth-order valence-electron chi connectivity index (χ4n) is 1.11. The van der Waals surface area contributed by atoms with Crippen LogP contribution in [0.1, 0.15) is 25.8 Å². The summed E-state index contributed by atoms with van der Waals surface area (Å²) in [5, 5.41) is 8.63. The predicted octanol–water partition coefficient (Wildman–Crippen LogP) is 2.21. The average Bonchev–Trinajstić information content (AvgIpc) is 2.28. The first-order valence-electron chi connectivity index (χ1n) is 5.13. The van der Waals surface area contributed by atoms with Gasteiger partial charge in [0, 0.05) is 0 Å². The first-order chi connectivity index (χ1) is 7.27. The summed E-state index contributed by atoms with van der Waals surface area (Å²) in [6, 6.07) is 7.61. The van der Waals surface area contributed by atoms with Gasteiger partial charge in [-0.05, 0) is 25.5 Å². The Balaban J connectivity index is 2.86. The average molecular weight is 204 g/mol. The quantitative estimate of drug-likeness (QED) is 0.765. The van der Waals surface area contributed by atoms with Gasteiger partial charge in [-0.3, -0.25) is 0 Å². The number of ether oxygens (including phenoxy) is 1. The van der Waals surface area contributed by atoms with Crippen LogP contribution in [0.2, 0.25) is 0 Å². The van der Waals surface area contributed by atoms with Gasteiger partial charge in [0.05, 0.1) is 11.7 Å². The number of aliphatic hydroxyl groups excluding tert-OH is 1. The second-order valence-corrected chi connectivity index (χ2v) is 3.29.